The van der Waals surface area contributed by atoms with Crippen LogP contribution in [-0.4, -0.2) is 28.6 Å². The molecular formula is C19H12F3NO6. The Morgan fingerprint density at radius 1 is 1.03 bits per heavy atom. The lowest BCUT2D eigenvalue weighted by Crippen LogP contribution is -2.32. The average molecular weight is 407 g/mol. The Morgan fingerprint density at radius 2 is 1.66 bits per heavy atom. The van der Waals surface area contributed by atoms with E-state index >= 15 is 0 Å². The summed E-state index contributed by atoms with van der Waals surface area (Å²) >= 11 is 0. The number of carbonyl (C=O) groups is 2. The lowest BCUT2D eigenvalue weighted by molar-refractivity contribution is -0.137. The Bertz CT molecular complexity index is 1170. The summed E-state index contributed by atoms with van der Waals surface area (Å²) in [6, 6.07) is 8.42. The molecule has 0 aliphatic rings. The van der Waals surface area contributed by atoms with Gasteiger partial charge in [0, 0.05) is 0 Å². The summed E-state index contributed by atoms with van der Waals surface area (Å²) in [7, 11) is 0. The molecule has 0 spiro atoms. The zero-order valence-electron chi connectivity index (χ0n) is 14.4. The van der Waals surface area contributed by atoms with Crippen molar-refractivity contribution in [1.82, 2.24) is 5.32 Å². The van der Waals surface area contributed by atoms with E-state index in [9.17, 15) is 32.7 Å². The van der Waals surface area contributed by atoms with Crippen molar-refractivity contribution in [2.45, 2.75) is 6.18 Å². The van der Waals surface area contributed by atoms with E-state index in [1.165, 1.54) is 30.3 Å². The van der Waals surface area contributed by atoms with E-state index in [4.69, 9.17) is 9.52 Å². The van der Waals surface area contributed by atoms with Gasteiger partial charge in [-0.2, -0.15) is 13.2 Å². The molecule has 0 fully saturated rings. The molecule has 3 rings (SSSR count). The number of hydrogen-bond acceptors (Lipinski definition) is 5. The first kappa shape index (κ1) is 19.9. The summed E-state index contributed by atoms with van der Waals surface area (Å²) < 4.78 is 43.1. The molecule has 0 unspecified atom stereocenters. The third-order valence-electron chi connectivity index (χ3n) is 4.05. The number of halogens is 3. The van der Waals surface area contributed by atoms with Crippen LogP contribution in [0.1, 0.15) is 15.9 Å². The van der Waals surface area contributed by atoms with E-state index in [1.807, 2.05) is 5.32 Å². The highest BCUT2D eigenvalue weighted by molar-refractivity contribution is 6.02. The van der Waals surface area contributed by atoms with Gasteiger partial charge in [-0.1, -0.05) is 18.2 Å². The second-order valence-corrected chi connectivity index (χ2v) is 5.98. The molecular weight excluding hydrogens is 395 g/mol. The van der Waals surface area contributed by atoms with Gasteiger partial charge in [-0.25, -0.2) is 4.79 Å². The van der Waals surface area contributed by atoms with Gasteiger partial charge in [-0.05, 0) is 35.4 Å². The van der Waals surface area contributed by atoms with Crippen LogP contribution >= 0.6 is 0 Å². The molecule has 0 aliphatic heterocycles. The van der Waals surface area contributed by atoms with Crippen LogP contribution in [0.15, 0.2) is 51.7 Å². The van der Waals surface area contributed by atoms with Crippen LogP contribution in [-0.2, 0) is 11.0 Å². The predicted molar refractivity (Wildman–Crippen MR) is 94.6 cm³/mol. The third kappa shape index (κ3) is 4.05. The Balaban J connectivity index is 2.01. The second kappa shape index (κ2) is 7.30. The molecule has 0 saturated heterocycles. The summed E-state index contributed by atoms with van der Waals surface area (Å²) in [5, 5.41) is 20.8. The quantitative estimate of drug-likeness (QED) is 0.573. The lowest BCUT2D eigenvalue weighted by atomic mass is 10.0. The van der Waals surface area contributed by atoms with Crippen molar-refractivity contribution in [2.75, 3.05) is 6.54 Å². The fraction of sp³-hybridized carbons (Fsp3) is 0.105. The third-order valence-corrected chi connectivity index (χ3v) is 4.05. The van der Waals surface area contributed by atoms with Crippen molar-refractivity contribution in [2.24, 2.45) is 0 Å². The molecule has 7 nitrogen and oxygen atoms in total. The molecule has 3 N–H and O–H groups in total. The minimum atomic E-state index is -4.47. The Morgan fingerprint density at radius 3 is 2.24 bits per heavy atom. The van der Waals surface area contributed by atoms with Crippen molar-refractivity contribution in [3.05, 3.63) is 64.0 Å². The maximum absolute atomic E-state index is 12.7. The van der Waals surface area contributed by atoms with Crippen LogP contribution in [0.3, 0.4) is 0 Å². The maximum Gasteiger partial charge on any atom is 0.416 e. The monoisotopic (exact) mass is 407 g/mol. The highest BCUT2D eigenvalue weighted by Crippen LogP contribution is 2.33. The molecule has 1 heterocycles. The molecule has 2 aromatic carbocycles. The van der Waals surface area contributed by atoms with Gasteiger partial charge in [0.05, 0.1) is 10.9 Å². The Kier molecular flexibility index (Phi) is 5.02. The van der Waals surface area contributed by atoms with Crippen LogP contribution in [0.5, 0.6) is 5.75 Å². The van der Waals surface area contributed by atoms with Gasteiger partial charge < -0.3 is 19.9 Å². The summed E-state index contributed by atoms with van der Waals surface area (Å²) in [5.74, 6) is -3.16. The number of aliphatic carboxylic acids is 1. The molecule has 0 saturated carbocycles. The number of carboxylic acid groups (broad SMARTS) is 1. The molecule has 0 aliphatic carbocycles. The van der Waals surface area contributed by atoms with Gasteiger partial charge >= 0.3 is 17.8 Å². The van der Waals surface area contributed by atoms with Crippen LogP contribution < -0.4 is 10.9 Å². The highest BCUT2D eigenvalue weighted by Gasteiger charge is 2.30. The minimum absolute atomic E-state index is 0.000682. The number of amides is 1. The largest absolute Gasteiger partial charge is 0.506 e. The van der Waals surface area contributed by atoms with E-state index < -0.39 is 47.1 Å². The number of carboxylic acids is 1. The van der Waals surface area contributed by atoms with Crippen LogP contribution in [0.4, 0.5) is 13.2 Å². The average Bonchev–Trinajstić information content (AvgIpc) is 2.65. The first-order chi connectivity index (χ1) is 13.6. The number of rotatable bonds is 4. The van der Waals surface area contributed by atoms with Crippen molar-refractivity contribution in [1.29, 1.82) is 0 Å². The fourth-order valence-corrected chi connectivity index (χ4v) is 2.66. The summed E-state index contributed by atoms with van der Waals surface area (Å²) in [4.78, 5) is 34.6. The van der Waals surface area contributed by atoms with Crippen LogP contribution in [0.2, 0.25) is 0 Å². The van der Waals surface area contributed by atoms with Crippen LogP contribution in [0, 0.1) is 0 Å². The van der Waals surface area contributed by atoms with Gasteiger partial charge in [0.2, 0.25) is 0 Å². The Labute approximate surface area is 160 Å². The molecule has 29 heavy (non-hydrogen) atoms. The molecule has 10 heteroatoms. The molecule has 0 bridgehead atoms. The molecule has 0 radical (unpaired) electrons. The molecule has 0 atom stereocenters. The molecule has 1 aromatic heterocycles. The van der Waals surface area contributed by atoms with E-state index in [1.54, 1.807) is 0 Å². The molecule has 1 amide bonds. The standard InChI is InChI=1S/C19H12F3NO6/c20-19(21,22)11-4-1-9(2-5-11)10-3-6-12-13(7-10)29-18(28)15(16(12)26)17(27)23-8-14(24)25/h1-7,26H,8H2,(H,23,27)(H,24,25). The number of nitrogens with one attached hydrogen (secondary N) is 1. The smallest absolute Gasteiger partial charge is 0.416 e. The maximum atomic E-state index is 12.7. The number of benzene rings is 2. The second-order valence-electron chi connectivity index (χ2n) is 5.98. The van der Waals surface area contributed by atoms with E-state index in [0.29, 0.717) is 11.1 Å². The number of fused-ring (bicyclic) bond motifs is 1. The SMILES string of the molecule is O=C(O)CNC(=O)c1c(O)c2ccc(-c3ccc(C(F)(F)F)cc3)cc2oc1=O. The van der Waals surface area contributed by atoms with Gasteiger partial charge in [-0.15, -0.1) is 0 Å². The van der Waals surface area contributed by atoms with Gasteiger partial charge in [-0.3, -0.25) is 9.59 Å². The van der Waals surface area contributed by atoms with Crippen molar-refractivity contribution < 1.29 is 37.4 Å². The number of hydrogen-bond donors (Lipinski definition) is 3. The summed E-state index contributed by atoms with van der Waals surface area (Å²) in [6.07, 6.45) is -4.47. The van der Waals surface area contributed by atoms with Crippen molar-refractivity contribution in [3.8, 4) is 16.9 Å². The summed E-state index contributed by atoms with van der Waals surface area (Å²) in [6.45, 7) is -0.761. The van der Waals surface area contributed by atoms with Gasteiger partial charge in [0.1, 0.15) is 17.9 Å². The number of carbonyl (C=O) groups excluding carboxylic acids is 1. The lowest BCUT2D eigenvalue weighted by Gasteiger charge is -2.09. The topological polar surface area (TPSA) is 117 Å². The molecule has 3 aromatic rings. The minimum Gasteiger partial charge on any atom is -0.506 e. The highest BCUT2D eigenvalue weighted by atomic mass is 19.4. The zero-order chi connectivity index (χ0) is 21.3. The van der Waals surface area contributed by atoms with Crippen molar-refractivity contribution in [3.63, 3.8) is 0 Å². The first-order valence-corrected chi connectivity index (χ1v) is 8.05. The molecule has 150 valence electrons. The summed E-state index contributed by atoms with van der Waals surface area (Å²) in [5.41, 5.74) is -2.03. The van der Waals surface area contributed by atoms with E-state index in [0.717, 1.165) is 12.1 Å². The van der Waals surface area contributed by atoms with Crippen molar-refractivity contribution >= 4 is 22.8 Å². The normalized spacial score (nSPS) is 11.4. The van der Waals surface area contributed by atoms with Gasteiger partial charge in [0.15, 0.2) is 5.56 Å². The zero-order valence-corrected chi connectivity index (χ0v) is 14.4. The number of alkyl halides is 3. The predicted octanol–water partition coefficient (Wildman–Crippen LogP) is 3.00. The Hall–Kier alpha value is -3.82. The van der Waals surface area contributed by atoms with E-state index in [-0.39, 0.29) is 11.0 Å². The fourth-order valence-electron chi connectivity index (χ4n) is 2.66. The van der Waals surface area contributed by atoms with Crippen LogP contribution in [0.25, 0.3) is 22.1 Å². The number of aromatic hydroxyl groups is 1. The van der Waals surface area contributed by atoms with Gasteiger partial charge in [0.25, 0.3) is 5.91 Å². The van der Waals surface area contributed by atoms with E-state index in [2.05, 4.69) is 0 Å². The first-order valence-electron chi connectivity index (χ1n) is 8.05.